The molecule has 92 valence electrons. The summed E-state index contributed by atoms with van der Waals surface area (Å²) in [5.41, 5.74) is 0.610. The summed E-state index contributed by atoms with van der Waals surface area (Å²) in [6.07, 6.45) is 0. The molecule has 0 aliphatic heterocycles. The third kappa shape index (κ3) is 2.18. The van der Waals surface area contributed by atoms with Gasteiger partial charge in [0.25, 0.3) is 0 Å². The van der Waals surface area contributed by atoms with Gasteiger partial charge in [-0.2, -0.15) is 0 Å². The van der Waals surface area contributed by atoms with Crippen molar-refractivity contribution >= 4 is 5.97 Å². The molecule has 3 nitrogen and oxygen atoms in total. The van der Waals surface area contributed by atoms with Crippen molar-refractivity contribution in [1.29, 1.82) is 0 Å². The van der Waals surface area contributed by atoms with Crippen LogP contribution in [0.15, 0.2) is 42.5 Å². The van der Waals surface area contributed by atoms with Crippen molar-refractivity contribution in [2.75, 3.05) is 7.11 Å². The molecule has 0 spiro atoms. The Morgan fingerprint density at radius 3 is 2.56 bits per heavy atom. The third-order valence-corrected chi connectivity index (χ3v) is 2.62. The predicted octanol–water partition coefficient (Wildman–Crippen LogP) is 3.20. The smallest absolute Gasteiger partial charge is 0.336 e. The van der Waals surface area contributed by atoms with E-state index in [1.54, 1.807) is 18.2 Å². The summed E-state index contributed by atoms with van der Waals surface area (Å²) in [7, 11) is 1.47. The number of benzene rings is 2. The molecule has 0 aliphatic rings. The second-order valence-corrected chi connectivity index (χ2v) is 3.70. The first-order valence-electron chi connectivity index (χ1n) is 5.29. The van der Waals surface area contributed by atoms with Gasteiger partial charge in [0.1, 0.15) is 11.6 Å². The lowest BCUT2D eigenvalue weighted by atomic mass is 9.99. The molecular weight excluding hydrogens is 235 g/mol. The largest absolute Gasteiger partial charge is 0.497 e. The summed E-state index contributed by atoms with van der Waals surface area (Å²) in [5, 5.41) is 9.09. The molecule has 0 heterocycles. The minimum Gasteiger partial charge on any atom is -0.497 e. The van der Waals surface area contributed by atoms with Crippen LogP contribution in [0.2, 0.25) is 0 Å². The van der Waals surface area contributed by atoms with Crippen molar-refractivity contribution < 1.29 is 19.0 Å². The highest BCUT2D eigenvalue weighted by Gasteiger charge is 2.14. The first kappa shape index (κ1) is 12.1. The molecule has 0 saturated heterocycles. The van der Waals surface area contributed by atoms with Gasteiger partial charge in [0, 0.05) is 5.56 Å². The highest BCUT2D eigenvalue weighted by atomic mass is 19.1. The Morgan fingerprint density at radius 2 is 1.89 bits per heavy atom. The van der Waals surface area contributed by atoms with Gasteiger partial charge in [-0.3, -0.25) is 0 Å². The third-order valence-electron chi connectivity index (χ3n) is 2.62. The summed E-state index contributed by atoms with van der Waals surface area (Å²) in [4.78, 5) is 11.1. The van der Waals surface area contributed by atoms with Gasteiger partial charge < -0.3 is 9.84 Å². The van der Waals surface area contributed by atoms with Crippen molar-refractivity contribution in [2.45, 2.75) is 0 Å². The number of carboxylic acid groups (broad SMARTS) is 1. The van der Waals surface area contributed by atoms with Crippen LogP contribution in [0.3, 0.4) is 0 Å². The van der Waals surface area contributed by atoms with E-state index in [1.807, 2.05) is 0 Å². The summed E-state index contributed by atoms with van der Waals surface area (Å²) in [5.74, 6) is -1.09. The topological polar surface area (TPSA) is 46.5 Å². The predicted molar refractivity (Wildman–Crippen MR) is 65.3 cm³/mol. The number of hydrogen-bond acceptors (Lipinski definition) is 2. The molecule has 0 radical (unpaired) electrons. The minimum atomic E-state index is -1.09. The van der Waals surface area contributed by atoms with Crippen LogP contribution < -0.4 is 4.74 Å². The molecule has 0 aliphatic carbocycles. The van der Waals surface area contributed by atoms with Gasteiger partial charge in [0.15, 0.2) is 0 Å². The average molecular weight is 246 g/mol. The second kappa shape index (κ2) is 4.87. The molecule has 4 heteroatoms. The lowest BCUT2D eigenvalue weighted by Crippen LogP contribution is -2.00. The number of carboxylic acids is 1. The fourth-order valence-electron chi connectivity index (χ4n) is 1.74. The molecule has 18 heavy (non-hydrogen) atoms. The first-order valence-corrected chi connectivity index (χ1v) is 5.29. The molecular formula is C14H11FO3. The van der Waals surface area contributed by atoms with Gasteiger partial charge in [-0.1, -0.05) is 18.2 Å². The van der Waals surface area contributed by atoms with Crippen LogP contribution in [0.4, 0.5) is 4.39 Å². The maximum atomic E-state index is 13.8. The maximum absolute atomic E-state index is 13.8. The summed E-state index contributed by atoms with van der Waals surface area (Å²) >= 11 is 0. The number of halogens is 1. The molecule has 0 unspecified atom stereocenters. The average Bonchev–Trinajstić information content (AvgIpc) is 2.39. The van der Waals surface area contributed by atoms with E-state index in [0.29, 0.717) is 11.3 Å². The van der Waals surface area contributed by atoms with Gasteiger partial charge in [-0.25, -0.2) is 9.18 Å². The van der Waals surface area contributed by atoms with Crippen LogP contribution in [0.25, 0.3) is 11.1 Å². The highest BCUT2D eigenvalue weighted by Crippen LogP contribution is 2.29. The quantitative estimate of drug-likeness (QED) is 0.904. The molecule has 2 rings (SSSR count). The lowest BCUT2D eigenvalue weighted by molar-refractivity contribution is 0.0697. The van der Waals surface area contributed by atoms with Crippen LogP contribution in [-0.4, -0.2) is 18.2 Å². The highest BCUT2D eigenvalue weighted by molar-refractivity contribution is 5.96. The Morgan fingerprint density at radius 1 is 1.17 bits per heavy atom. The van der Waals surface area contributed by atoms with Crippen molar-refractivity contribution in [2.24, 2.45) is 0 Å². The Kier molecular flexibility index (Phi) is 3.28. The number of methoxy groups -OCH3 is 1. The molecule has 2 aromatic carbocycles. The second-order valence-electron chi connectivity index (χ2n) is 3.70. The molecule has 0 aromatic heterocycles. The van der Waals surface area contributed by atoms with Crippen LogP contribution in [-0.2, 0) is 0 Å². The van der Waals surface area contributed by atoms with Gasteiger partial charge in [-0.15, -0.1) is 0 Å². The van der Waals surface area contributed by atoms with Crippen molar-refractivity contribution in [3.63, 3.8) is 0 Å². The van der Waals surface area contributed by atoms with Crippen LogP contribution in [0, 0.1) is 5.82 Å². The van der Waals surface area contributed by atoms with E-state index in [1.165, 1.54) is 31.4 Å². The van der Waals surface area contributed by atoms with Crippen LogP contribution >= 0.6 is 0 Å². The van der Waals surface area contributed by atoms with Gasteiger partial charge in [0.05, 0.1) is 12.7 Å². The number of rotatable bonds is 3. The number of carbonyl (C=O) groups is 1. The maximum Gasteiger partial charge on any atom is 0.336 e. The van der Waals surface area contributed by atoms with E-state index >= 15 is 0 Å². The van der Waals surface area contributed by atoms with E-state index in [-0.39, 0.29) is 11.1 Å². The number of ether oxygens (including phenoxy) is 1. The van der Waals surface area contributed by atoms with Crippen LogP contribution in [0.1, 0.15) is 10.4 Å². The van der Waals surface area contributed by atoms with E-state index in [4.69, 9.17) is 9.84 Å². The Hall–Kier alpha value is -2.36. The van der Waals surface area contributed by atoms with Gasteiger partial charge in [-0.05, 0) is 29.8 Å². The molecule has 0 atom stereocenters. The van der Waals surface area contributed by atoms with E-state index in [9.17, 15) is 9.18 Å². The molecule has 1 N–H and O–H groups in total. The van der Waals surface area contributed by atoms with Gasteiger partial charge in [0.2, 0.25) is 0 Å². The van der Waals surface area contributed by atoms with Crippen LogP contribution in [0.5, 0.6) is 5.75 Å². The fraction of sp³-hybridized carbons (Fsp3) is 0.0714. The summed E-state index contributed by atoms with van der Waals surface area (Å²) in [6, 6.07) is 10.5. The zero-order valence-corrected chi connectivity index (χ0v) is 9.68. The zero-order chi connectivity index (χ0) is 13.1. The molecule has 0 fully saturated rings. The van der Waals surface area contributed by atoms with Crippen molar-refractivity contribution in [3.05, 3.63) is 53.8 Å². The monoisotopic (exact) mass is 246 g/mol. The Balaban J connectivity index is 2.65. The van der Waals surface area contributed by atoms with Crippen molar-refractivity contribution in [3.8, 4) is 16.9 Å². The SMILES string of the molecule is COc1ccc(F)c(-c2ccccc2C(=O)O)c1. The molecule has 0 saturated carbocycles. The molecule has 2 aromatic rings. The molecule has 0 amide bonds. The van der Waals surface area contributed by atoms with E-state index in [0.717, 1.165) is 0 Å². The standard InChI is InChI=1S/C14H11FO3/c1-18-9-6-7-13(15)12(8-9)10-4-2-3-5-11(10)14(16)17/h2-8H,1H3,(H,16,17). The fourth-order valence-corrected chi connectivity index (χ4v) is 1.74. The zero-order valence-electron chi connectivity index (χ0n) is 9.68. The van der Waals surface area contributed by atoms with E-state index in [2.05, 4.69) is 0 Å². The lowest BCUT2D eigenvalue weighted by Gasteiger charge is -2.09. The first-order chi connectivity index (χ1) is 8.63. The Bertz CT molecular complexity index is 593. The Labute approximate surface area is 103 Å². The number of aromatic carboxylic acids is 1. The normalized spacial score (nSPS) is 10.1. The van der Waals surface area contributed by atoms with E-state index < -0.39 is 11.8 Å². The van der Waals surface area contributed by atoms with Crippen molar-refractivity contribution in [1.82, 2.24) is 0 Å². The minimum absolute atomic E-state index is 0.0599. The molecule has 0 bridgehead atoms. The summed E-state index contributed by atoms with van der Waals surface area (Å²) in [6.45, 7) is 0. The van der Waals surface area contributed by atoms with Gasteiger partial charge >= 0.3 is 5.97 Å². The summed E-state index contributed by atoms with van der Waals surface area (Å²) < 4.78 is 18.8. The number of hydrogen-bond donors (Lipinski definition) is 1.